The number of carboxylic acid groups (broad SMARTS) is 1. The summed E-state index contributed by atoms with van der Waals surface area (Å²) in [4.78, 5) is 13.0. The van der Waals surface area contributed by atoms with Gasteiger partial charge in [0.1, 0.15) is 5.82 Å². The number of piperidine rings is 1. The fourth-order valence-corrected chi connectivity index (χ4v) is 3.56. The summed E-state index contributed by atoms with van der Waals surface area (Å²) in [7, 11) is 0. The molecule has 1 aliphatic carbocycles. The molecule has 2 N–H and O–H groups in total. The lowest BCUT2D eigenvalue weighted by molar-refractivity contribution is 0.0915. The van der Waals surface area contributed by atoms with Gasteiger partial charge in [0, 0.05) is 18.6 Å². The standard InChI is InChI=1S/C17H23FN2O2/c1-11-9-12(18)5-6-15(11)16-10-14(19-13-3-2-4-13)7-8-20(16)17(21)22/h5-6,9,13-14,16,19H,2-4,7-8,10H2,1H3,(H,21,22)/t14-,16+/m0/s1. The van der Waals surface area contributed by atoms with Crippen LogP contribution >= 0.6 is 0 Å². The van der Waals surface area contributed by atoms with Crippen LogP contribution in [0.15, 0.2) is 18.2 Å². The minimum atomic E-state index is -0.893. The van der Waals surface area contributed by atoms with E-state index in [1.807, 2.05) is 6.92 Å². The zero-order valence-electron chi connectivity index (χ0n) is 12.9. The Kier molecular flexibility index (Phi) is 4.34. The first-order valence-corrected chi connectivity index (χ1v) is 8.06. The van der Waals surface area contributed by atoms with Crippen molar-refractivity contribution in [1.82, 2.24) is 10.2 Å². The van der Waals surface area contributed by atoms with Crippen molar-refractivity contribution in [1.29, 1.82) is 0 Å². The molecule has 22 heavy (non-hydrogen) atoms. The molecule has 120 valence electrons. The molecule has 1 saturated carbocycles. The predicted molar refractivity (Wildman–Crippen MR) is 82.4 cm³/mol. The van der Waals surface area contributed by atoms with E-state index in [1.165, 1.54) is 36.3 Å². The number of likely N-dealkylation sites (tertiary alicyclic amines) is 1. The lowest BCUT2D eigenvalue weighted by atomic mass is 9.87. The van der Waals surface area contributed by atoms with Gasteiger partial charge in [0.05, 0.1) is 6.04 Å². The highest BCUT2D eigenvalue weighted by molar-refractivity contribution is 5.66. The first kappa shape index (κ1) is 15.3. The lowest BCUT2D eigenvalue weighted by Gasteiger charge is -2.41. The number of nitrogens with zero attached hydrogens (tertiary/aromatic N) is 1. The Morgan fingerprint density at radius 1 is 1.32 bits per heavy atom. The monoisotopic (exact) mass is 306 g/mol. The average molecular weight is 306 g/mol. The van der Waals surface area contributed by atoms with Crippen LogP contribution < -0.4 is 5.32 Å². The second-order valence-corrected chi connectivity index (χ2v) is 6.51. The number of aryl methyl sites for hydroxylation is 1. The number of hydrogen-bond donors (Lipinski definition) is 2. The SMILES string of the molecule is Cc1cc(F)ccc1[C@H]1C[C@@H](NC2CCC2)CCN1C(=O)O. The summed E-state index contributed by atoms with van der Waals surface area (Å²) < 4.78 is 13.3. The Morgan fingerprint density at radius 3 is 2.68 bits per heavy atom. The molecule has 0 radical (unpaired) electrons. The maximum Gasteiger partial charge on any atom is 0.407 e. The van der Waals surface area contributed by atoms with Crippen molar-refractivity contribution in [3.8, 4) is 0 Å². The van der Waals surface area contributed by atoms with E-state index in [-0.39, 0.29) is 11.9 Å². The highest BCUT2D eigenvalue weighted by atomic mass is 19.1. The smallest absolute Gasteiger partial charge is 0.407 e. The zero-order valence-corrected chi connectivity index (χ0v) is 12.9. The van der Waals surface area contributed by atoms with Crippen molar-refractivity contribution in [2.75, 3.05) is 6.54 Å². The molecule has 0 unspecified atom stereocenters. The van der Waals surface area contributed by atoms with E-state index in [1.54, 1.807) is 6.07 Å². The molecule has 1 heterocycles. The van der Waals surface area contributed by atoms with Gasteiger partial charge in [0.2, 0.25) is 0 Å². The van der Waals surface area contributed by atoms with E-state index in [9.17, 15) is 14.3 Å². The first-order valence-electron chi connectivity index (χ1n) is 8.06. The number of rotatable bonds is 3. The van der Waals surface area contributed by atoms with E-state index in [4.69, 9.17) is 0 Å². The Hall–Kier alpha value is -1.62. The van der Waals surface area contributed by atoms with Gasteiger partial charge in [0.25, 0.3) is 0 Å². The third-order valence-electron chi connectivity index (χ3n) is 5.02. The summed E-state index contributed by atoms with van der Waals surface area (Å²) in [6, 6.07) is 5.39. The molecule has 0 bridgehead atoms. The molecule has 5 heteroatoms. The molecule has 1 amide bonds. The van der Waals surface area contributed by atoms with Crippen LogP contribution in [0.2, 0.25) is 0 Å². The molecule has 2 aliphatic rings. The van der Waals surface area contributed by atoms with E-state index in [0.717, 1.165) is 24.0 Å². The molecule has 2 atom stereocenters. The number of halogens is 1. The average Bonchev–Trinajstić information content (AvgIpc) is 2.42. The maximum absolute atomic E-state index is 13.3. The Morgan fingerprint density at radius 2 is 2.09 bits per heavy atom. The molecular formula is C17H23FN2O2. The number of amides is 1. The van der Waals surface area contributed by atoms with Gasteiger partial charge in [-0.2, -0.15) is 0 Å². The maximum atomic E-state index is 13.3. The summed E-state index contributed by atoms with van der Waals surface area (Å²) in [5.41, 5.74) is 1.74. The number of carbonyl (C=O) groups is 1. The molecule has 0 aromatic heterocycles. The molecule has 4 nitrogen and oxygen atoms in total. The van der Waals surface area contributed by atoms with E-state index in [0.29, 0.717) is 18.6 Å². The quantitative estimate of drug-likeness (QED) is 0.899. The summed E-state index contributed by atoms with van der Waals surface area (Å²) >= 11 is 0. The lowest BCUT2D eigenvalue weighted by Crippen LogP contribution is -2.50. The second-order valence-electron chi connectivity index (χ2n) is 6.51. The molecule has 3 rings (SSSR count). The van der Waals surface area contributed by atoms with Crippen LogP contribution in [0, 0.1) is 12.7 Å². The van der Waals surface area contributed by atoms with E-state index < -0.39 is 6.09 Å². The molecule has 1 aromatic rings. The van der Waals surface area contributed by atoms with Gasteiger partial charge < -0.3 is 15.3 Å². The van der Waals surface area contributed by atoms with E-state index >= 15 is 0 Å². The Bertz CT molecular complexity index is 560. The van der Waals surface area contributed by atoms with Crippen molar-refractivity contribution in [2.24, 2.45) is 0 Å². The number of hydrogen-bond acceptors (Lipinski definition) is 2. The minimum Gasteiger partial charge on any atom is -0.465 e. The van der Waals surface area contributed by atoms with Crippen molar-refractivity contribution >= 4 is 6.09 Å². The number of nitrogens with one attached hydrogen (secondary N) is 1. The summed E-state index contributed by atoms with van der Waals surface area (Å²) in [6.07, 6.45) is 4.44. The van der Waals surface area contributed by atoms with Gasteiger partial charge in [-0.05, 0) is 55.9 Å². The van der Waals surface area contributed by atoms with Crippen LogP contribution in [-0.2, 0) is 0 Å². The van der Waals surface area contributed by atoms with E-state index in [2.05, 4.69) is 5.32 Å². The minimum absolute atomic E-state index is 0.190. The van der Waals surface area contributed by atoms with Crippen molar-refractivity contribution in [3.63, 3.8) is 0 Å². The van der Waals surface area contributed by atoms with Crippen molar-refractivity contribution in [2.45, 2.75) is 57.2 Å². The van der Waals surface area contributed by atoms with Crippen LogP contribution in [0.1, 0.15) is 49.3 Å². The molecule has 1 saturated heterocycles. The molecule has 1 aliphatic heterocycles. The van der Waals surface area contributed by atoms with Crippen LogP contribution in [0.3, 0.4) is 0 Å². The summed E-state index contributed by atoms with van der Waals surface area (Å²) in [5.74, 6) is -0.275. The summed E-state index contributed by atoms with van der Waals surface area (Å²) in [5, 5.41) is 13.1. The highest BCUT2D eigenvalue weighted by Crippen LogP contribution is 2.34. The normalized spacial score (nSPS) is 25.8. The molecule has 0 spiro atoms. The van der Waals surface area contributed by atoms with Crippen molar-refractivity contribution in [3.05, 3.63) is 35.1 Å². The van der Waals surface area contributed by atoms with Crippen molar-refractivity contribution < 1.29 is 14.3 Å². The molecule has 2 fully saturated rings. The molecule has 1 aromatic carbocycles. The summed E-state index contributed by atoms with van der Waals surface area (Å²) in [6.45, 7) is 2.38. The largest absolute Gasteiger partial charge is 0.465 e. The fraction of sp³-hybridized carbons (Fsp3) is 0.588. The number of benzene rings is 1. The van der Waals surface area contributed by atoms with Crippen LogP contribution in [-0.4, -0.2) is 34.7 Å². The second kappa shape index (κ2) is 6.24. The predicted octanol–water partition coefficient (Wildman–Crippen LogP) is 3.46. The van der Waals surface area contributed by atoms with Gasteiger partial charge in [-0.15, -0.1) is 0 Å². The van der Waals surface area contributed by atoms with Gasteiger partial charge in [-0.3, -0.25) is 0 Å². The van der Waals surface area contributed by atoms with Crippen LogP contribution in [0.5, 0.6) is 0 Å². The van der Waals surface area contributed by atoms with Crippen LogP contribution in [0.25, 0.3) is 0 Å². The first-order chi connectivity index (χ1) is 10.5. The van der Waals surface area contributed by atoms with Gasteiger partial charge in [0.15, 0.2) is 0 Å². The zero-order chi connectivity index (χ0) is 15.7. The van der Waals surface area contributed by atoms with Gasteiger partial charge in [-0.25, -0.2) is 9.18 Å². The fourth-order valence-electron chi connectivity index (χ4n) is 3.56. The molecular weight excluding hydrogens is 283 g/mol. The Balaban J connectivity index is 1.80. The third kappa shape index (κ3) is 3.09. The Labute approximate surface area is 130 Å². The van der Waals surface area contributed by atoms with Gasteiger partial charge in [-0.1, -0.05) is 12.5 Å². The highest BCUT2D eigenvalue weighted by Gasteiger charge is 2.34. The van der Waals surface area contributed by atoms with Gasteiger partial charge >= 0.3 is 6.09 Å². The third-order valence-corrected chi connectivity index (χ3v) is 5.02. The topological polar surface area (TPSA) is 52.6 Å². The van der Waals surface area contributed by atoms with Crippen LogP contribution in [0.4, 0.5) is 9.18 Å².